The molecule has 0 spiro atoms. The van der Waals surface area contributed by atoms with Gasteiger partial charge in [0.1, 0.15) is 30.5 Å². The van der Waals surface area contributed by atoms with Crippen LogP contribution in [0.4, 0.5) is 0 Å². The Labute approximate surface area is 251 Å². The quantitative estimate of drug-likeness (QED) is 0.255. The number of aliphatic hydroxyl groups excluding tert-OH is 4. The number of hydrogen-bond acceptors (Lipinski definition) is 9. The highest BCUT2D eigenvalue weighted by molar-refractivity contribution is 5.70. The number of rotatable bonds is 7. The van der Waals surface area contributed by atoms with Gasteiger partial charge in [-0.3, -0.25) is 4.79 Å². The molecule has 0 amide bonds. The lowest BCUT2D eigenvalue weighted by Crippen LogP contribution is -2.59. The van der Waals surface area contributed by atoms with Crippen LogP contribution in [0.1, 0.15) is 72.6 Å². The number of cyclic esters (lactones) is 1. The van der Waals surface area contributed by atoms with Crippen molar-refractivity contribution in [2.24, 2.45) is 5.92 Å². The van der Waals surface area contributed by atoms with Crippen LogP contribution in [0.15, 0.2) is 59.8 Å². The van der Waals surface area contributed by atoms with Crippen molar-refractivity contribution in [1.82, 2.24) is 0 Å². The van der Waals surface area contributed by atoms with Gasteiger partial charge in [0, 0.05) is 13.5 Å². The smallest absolute Gasteiger partial charge is 0.309 e. The fourth-order valence-electron chi connectivity index (χ4n) is 5.18. The van der Waals surface area contributed by atoms with Crippen molar-refractivity contribution in [3.8, 4) is 0 Å². The Morgan fingerprint density at radius 2 is 1.81 bits per heavy atom. The average molecular weight is 593 g/mol. The summed E-state index contributed by atoms with van der Waals surface area (Å²) in [6, 6.07) is 0. The van der Waals surface area contributed by atoms with Crippen molar-refractivity contribution >= 4 is 5.97 Å². The maximum atomic E-state index is 13.2. The van der Waals surface area contributed by atoms with Crippen molar-refractivity contribution in [3.63, 3.8) is 0 Å². The molecule has 0 aromatic rings. The number of allylic oxidation sites excluding steroid dienone is 7. The van der Waals surface area contributed by atoms with E-state index >= 15 is 0 Å². The minimum atomic E-state index is -1.57. The van der Waals surface area contributed by atoms with E-state index in [0.717, 1.165) is 24.0 Å². The number of ether oxygens (including phenoxy) is 4. The predicted molar refractivity (Wildman–Crippen MR) is 161 cm³/mol. The molecular weight excluding hydrogens is 540 g/mol. The predicted octanol–water partition coefficient (Wildman–Crippen LogP) is 4.06. The topological polar surface area (TPSA) is 135 Å². The second kappa shape index (κ2) is 19.2. The van der Waals surface area contributed by atoms with Gasteiger partial charge in [-0.15, -0.1) is 0 Å². The van der Waals surface area contributed by atoms with E-state index in [9.17, 15) is 25.2 Å². The summed E-state index contributed by atoms with van der Waals surface area (Å²) in [7, 11) is 1.68. The molecule has 4 N–H and O–H groups in total. The van der Waals surface area contributed by atoms with E-state index in [1.54, 1.807) is 7.11 Å². The number of esters is 1. The van der Waals surface area contributed by atoms with Crippen LogP contribution in [0.2, 0.25) is 0 Å². The average Bonchev–Trinajstić information content (AvgIpc) is 2.95. The molecule has 2 aliphatic rings. The molecule has 1 saturated heterocycles. The third kappa shape index (κ3) is 12.2. The molecule has 2 aliphatic heterocycles. The summed E-state index contributed by atoms with van der Waals surface area (Å²) in [6.07, 6.45) is 11.7. The molecule has 238 valence electrons. The maximum Gasteiger partial charge on any atom is 0.309 e. The zero-order valence-electron chi connectivity index (χ0n) is 25.8. The van der Waals surface area contributed by atoms with Crippen LogP contribution in [-0.2, 0) is 23.7 Å². The van der Waals surface area contributed by atoms with Crippen molar-refractivity contribution in [1.29, 1.82) is 0 Å². The lowest BCUT2D eigenvalue weighted by Gasteiger charge is -2.40. The summed E-state index contributed by atoms with van der Waals surface area (Å²) < 4.78 is 23.2. The lowest BCUT2D eigenvalue weighted by atomic mass is 9.97. The van der Waals surface area contributed by atoms with E-state index in [-0.39, 0.29) is 12.5 Å². The van der Waals surface area contributed by atoms with Crippen LogP contribution in [0, 0.1) is 5.92 Å². The molecule has 2 heterocycles. The van der Waals surface area contributed by atoms with Gasteiger partial charge in [0.05, 0.1) is 25.2 Å². The Bertz CT molecular complexity index is 951. The standard InChI is InChI=1S/C33H52O9/c1-6-7-13-23(3)19-25-15-11-9-8-10-14-22(2)18-24(4)27(39-5)17-12-16-26(20-29(35)40-25)41-33-32(38)31(37)30(36)28(21-34)42-33/h6-11,18-19,22,25-28,30-34,36-38H,12-17,20-21H2,1-5H3/b7-6+,10-8?,11-9?,23-19-,24-18?/t22-,25+,26+,27-,28+,30+,31-,32+,33+/m0/s1. The Balaban J connectivity index is 2.31. The molecule has 0 radical (unpaired) electrons. The molecule has 42 heavy (non-hydrogen) atoms. The van der Waals surface area contributed by atoms with Gasteiger partial charge in [0.15, 0.2) is 6.29 Å². The summed E-state index contributed by atoms with van der Waals surface area (Å²) in [5.41, 5.74) is 2.21. The van der Waals surface area contributed by atoms with E-state index in [4.69, 9.17) is 18.9 Å². The zero-order chi connectivity index (χ0) is 31.1. The molecule has 0 aromatic heterocycles. The normalized spacial score (nSPS) is 35.0. The van der Waals surface area contributed by atoms with Crippen LogP contribution in [0.5, 0.6) is 0 Å². The molecule has 0 aromatic carbocycles. The lowest BCUT2D eigenvalue weighted by molar-refractivity contribution is -0.312. The summed E-state index contributed by atoms with van der Waals surface area (Å²) in [4.78, 5) is 13.2. The van der Waals surface area contributed by atoms with Crippen LogP contribution < -0.4 is 0 Å². The van der Waals surface area contributed by atoms with Gasteiger partial charge in [0.25, 0.3) is 0 Å². The highest BCUT2D eigenvalue weighted by atomic mass is 16.7. The van der Waals surface area contributed by atoms with Gasteiger partial charge in [-0.2, -0.15) is 0 Å². The Hall–Kier alpha value is -2.11. The van der Waals surface area contributed by atoms with Crippen molar-refractivity contribution in [2.75, 3.05) is 13.7 Å². The van der Waals surface area contributed by atoms with Crippen LogP contribution in [-0.4, -0.2) is 89.1 Å². The zero-order valence-corrected chi connectivity index (χ0v) is 25.8. The fraction of sp³-hybridized carbons (Fsp3) is 0.667. The Morgan fingerprint density at radius 3 is 2.48 bits per heavy atom. The first-order valence-electron chi connectivity index (χ1n) is 15.1. The minimum Gasteiger partial charge on any atom is -0.458 e. The first-order chi connectivity index (χ1) is 20.1. The fourth-order valence-corrected chi connectivity index (χ4v) is 5.18. The third-order valence-corrected chi connectivity index (χ3v) is 7.59. The monoisotopic (exact) mass is 592 g/mol. The molecule has 0 saturated carbocycles. The van der Waals surface area contributed by atoms with Gasteiger partial charge in [-0.1, -0.05) is 55.0 Å². The summed E-state index contributed by atoms with van der Waals surface area (Å²) >= 11 is 0. The number of methoxy groups -OCH3 is 1. The number of hydrogen-bond donors (Lipinski definition) is 4. The summed E-state index contributed by atoms with van der Waals surface area (Å²) in [5, 5.41) is 40.5. The second-order valence-electron chi connectivity index (χ2n) is 11.3. The summed E-state index contributed by atoms with van der Waals surface area (Å²) in [6.45, 7) is 7.61. The Kier molecular flexibility index (Phi) is 16.5. The molecule has 9 heteroatoms. The first kappa shape index (κ1) is 36.1. The van der Waals surface area contributed by atoms with E-state index in [1.807, 2.05) is 50.3 Å². The van der Waals surface area contributed by atoms with Crippen LogP contribution in [0.3, 0.4) is 0 Å². The van der Waals surface area contributed by atoms with E-state index in [2.05, 4.69) is 26.0 Å². The van der Waals surface area contributed by atoms with Crippen molar-refractivity contribution in [3.05, 3.63) is 59.8 Å². The van der Waals surface area contributed by atoms with Gasteiger partial charge in [0.2, 0.25) is 0 Å². The molecule has 9 nitrogen and oxygen atoms in total. The van der Waals surface area contributed by atoms with Crippen LogP contribution in [0.25, 0.3) is 0 Å². The maximum absolute atomic E-state index is 13.2. The summed E-state index contributed by atoms with van der Waals surface area (Å²) in [5.74, 6) is -0.137. The van der Waals surface area contributed by atoms with Crippen LogP contribution >= 0.6 is 0 Å². The van der Waals surface area contributed by atoms with Gasteiger partial charge < -0.3 is 39.4 Å². The number of aliphatic hydroxyl groups is 4. The largest absolute Gasteiger partial charge is 0.458 e. The van der Waals surface area contributed by atoms with E-state index in [1.165, 1.54) is 0 Å². The van der Waals surface area contributed by atoms with Crippen molar-refractivity contribution < 1.29 is 44.2 Å². The minimum absolute atomic E-state index is 0.107. The molecule has 2 rings (SSSR count). The number of carbonyl (C=O) groups excluding carboxylic acids is 1. The molecular formula is C33H52O9. The molecule has 1 fully saturated rings. The molecule has 0 unspecified atom stereocenters. The molecule has 0 bridgehead atoms. The highest BCUT2D eigenvalue weighted by Gasteiger charge is 2.45. The van der Waals surface area contributed by atoms with Gasteiger partial charge >= 0.3 is 5.97 Å². The SMILES string of the molecule is C/C=C/C/C(C)=C\[C@H]1CC=CC=CC[C@H](C)C=C(C)[C@@H](OC)CCC[C@@H](O[C@@H]2O[C@H](CO)[C@@H](O)[C@H](O)[C@H]2O)CC(=O)O1. The third-order valence-electron chi connectivity index (χ3n) is 7.59. The number of carbonyl (C=O) groups is 1. The Morgan fingerprint density at radius 1 is 1.10 bits per heavy atom. The van der Waals surface area contributed by atoms with E-state index < -0.39 is 55.5 Å². The molecule has 0 aliphatic carbocycles. The van der Waals surface area contributed by atoms with Gasteiger partial charge in [-0.25, -0.2) is 0 Å². The van der Waals surface area contributed by atoms with Gasteiger partial charge in [-0.05, 0) is 70.4 Å². The van der Waals surface area contributed by atoms with Crippen molar-refractivity contribution in [2.45, 2.75) is 122 Å². The second-order valence-corrected chi connectivity index (χ2v) is 11.3. The molecule has 9 atom stereocenters. The first-order valence-corrected chi connectivity index (χ1v) is 15.1. The van der Waals surface area contributed by atoms with E-state index in [0.29, 0.717) is 31.6 Å². The highest BCUT2D eigenvalue weighted by Crippen LogP contribution is 2.26.